The fourth-order valence-electron chi connectivity index (χ4n) is 2.73. The first kappa shape index (κ1) is 17.5. The molecule has 0 radical (unpaired) electrons. The zero-order valence-electron chi connectivity index (χ0n) is 14.3. The standard InChI is InChI=1S/C20H20N2O4/c1-13-6-8-15(9-7-13)26-12-19(23)22-18(20(24)25)10-14-11-21-17-5-3-2-4-16(14)17/h2-9,11,18,21H,10,12H2,1H3,(H,22,23)(H,24,25)/p-1/t18-/m1/s1. The molecule has 6 nitrogen and oxygen atoms in total. The zero-order valence-corrected chi connectivity index (χ0v) is 14.3. The maximum atomic E-state index is 12.1. The molecule has 0 fully saturated rings. The van der Waals surface area contributed by atoms with Gasteiger partial charge in [-0.3, -0.25) is 4.79 Å². The molecule has 1 atom stereocenters. The lowest BCUT2D eigenvalue weighted by Crippen LogP contribution is -2.50. The van der Waals surface area contributed by atoms with Crippen LogP contribution >= 0.6 is 0 Å². The molecule has 1 amide bonds. The van der Waals surface area contributed by atoms with Gasteiger partial charge in [0.2, 0.25) is 0 Å². The molecule has 2 aromatic carbocycles. The van der Waals surface area contributed by atoms with Gasteiger partial charge in [-0.05, 0) is 30.7 Å². The minimum atomic E-state index is -1.33. The summed E-state index contributed by atoms with van der Waals surface area (Å²) in [5, 5.41) is 14.8. The highest BCUT2D eigenvalue weighted by atomic mass is 16.5. The molecule has 0 spiro atoms. The molecule has 1 heterocycles. The molecule has 3 aromatic rings. The largest absolute Gasteiger partial charge is 0.548 e. The van der Waals surface area contributed by atoms with Gasteiger partial charge in [-0.15, -0.1) is 0 Å². The molecular formula is C20H19N2O4-. The monoisotopic (exact) mass is 351 g/mol. The number of carboxylic acid groups (broad SMARTS) is 1. The van der Waals surface area contributed by atoms with Gasteiger partial charge in [0.1, 0.15) is 5.75 Å². The number of para-hydroxylation sites is 1. The highest BCUT2D eigenvalue weighted by Crippen LogP contribution is 2.19. The van der Waals surface area contributed by atoms with Gasteiger partial charge in [-0.2, -0.15) is 0 Å². The van der Waals surface area contributed by atoms with Crippen molar-refractivity contribution in [3.8, 4) is 5.75 Å². The fourth-order valence-corrected chi connectivity index (χ4v) is 2.73. The maximum Gasteiger partial charge on any atom is 0.258 e. The lowest BCUT2D eigenvalue weighted by atomic mass is 10.1. The van der Waals surface area contributed by atoms with Crippen LogP contribution in [0.1, 0.15) is 11.1 Å². The number of hydrogen-bond donors (Lipinski definition) is 2. The van der Waals surface area contributed by atoms with E-state index in [-0.39, 0.29) is 13.0 Å². The van der Waals surface area contributed by atoms with Crippen molar-refractivity contribution in [1.82, 2.24) is 10.3 Å². The summed E-state index contributed by atoms with van der Waals surface area (Å²) in [6, 6.07) is 13.7. The predicted molar refractivity (Wildman–Crippen MR) is 95.6 cm³/mol. The highest BCUT2D eigenvalue weighted by Gasteiger charge is 2.16. The van der Waals surface area contributed by atoms with E-state index in [1.54, 1.807) is 18.3 Å². The Morgan fingerprint density at radius 2 is 1.88 bits per heavy atom. The molecule has 0 saturated heterocycles. The van der Waals surface area contributed by atoms with E-state index >= 15 is 0 Å². The Bertz CT molecular complexity index is 915. The predicted octanol–water partition coefficient (Wildman–Crippen LogP) is 1.33. The zero-order chi connectivity index (χ0) is 18.5. The number of benzene rings is 2. The van der Waals surface area contributed by atoms with Gasteiger partial charge in [0.15, 0.2) is 6.61 Å². The first-order chi connectivity index (χ1) is 12.5. The molecule has 0 aliphatic rings. The minimum absolute atomic E-state index is 0.128. The van der Waals surface area contributed by atoms with Gasteiger partial charge >= 0.3 is 0 Å². The van der Waals surface area contributed by atoms with E-state index in [0.29, 0.717) is 5.75 Å². The first-order valence-corrected chi connectivity index (χ1v) is 8.27. The number of H-pyrrole nitrogens is 1. The molecule has 0 saturated carbocycles. The Balaban J connectivity index is 1.62. The number of amides is 1. The van der Waals surface area contributed by atoms with Crippen molar-refractivity contribution < 1.29 is 19.4 Å². The Kier molecular flexibility index (Phi) is 5.22. The van der Waals surface area contributed by atoms with Crippen LogP contribution in [-0.4, -0.2) is 29.5 Å². The van der Waals surface area contributed by atoms with Crippen molar-refractivity contribution in [3.63, 3.8) is 0 Å². The maximum absolute atomic E-state index is 12.1. The summed E-state index contributed by atoms with van der Waals surface area (Å²) in [7, 11) is 0. The third-order valence-electron chi connectivity index (χ3n) is 4.11. The topological polar surface area (TPSA) is 94.2 Å². The summed E-state index contributed by atoms with van der Waals surface area (Å²) < 4.78 is 5.38. The average molecular weight is 351 g/mol. The molecule has 134 valence electrons. The van der Waals surface area contributed by atoms with Crippen LogP contribution in [0.25, 0.3) is 10.9 Å². The lowest BCUT2D eigenvalue weighted by molar-refractivity contribution is -0.308. The Hall–Kier alpha value is -3.28. The van der Waals surface area contributed by atoms with Crippen LogP contribution in [0.2, 0.25) is 0 Å². The number of aromatic nitrogens is 1. The number of aromatic amines is 1. The number of rotatable bonds is 7. The number of ether oxygens (including phenoxy) is 1. The van der Waals surface area contributed by atoms with Crippen molar-refractivity contribution in [2.24, 2.45) is 0 Å². The Labute approximate surface area is 150 Å². The van der Waals surface area contributed by atoms with Gasteiger partial charge < -0.3 is 24.9 Å². The Morgan fingerprint density at radius 3 is 2.62 bits per heavy atom. The normalized spacial score (nSPS) is 11.9. The van der Waals surface area contributed by atoms with Crippen LogP contribution in [-0.2, 0) is 16.0 Å². The van der Waals surface area contributed by atoms with Crippen LogP contribution < -0.4 is 15.2 Å². The van der Waals surface area contributed by atoms with E-state index < -0.39 is 17.9 Å². The Morgan fingerprint density at radius 1 is 1.15 bits per heavy atom. The van der Waals surface area contributed by atoms with Crippen molar-refractivity contribution in [2.75, 3.05) is 6.61 Å². The summed E-state index contributed by atoms with van der Waals surface area (Å²) >= 11 is 0. The van der Waals surface area contributed by atoms with Crippen molar-refractivity contribution >= 4 is 22.8 Å². The summed E-state index contributed by atoms with van der Waals surface area (Å²) in [4.78, 5) is 26.6. The molecule has 6 heteroatoms. The van der Waals surface area contributed by atoms with Crippen LogP contribution in [0.15, 0.2) is 54.7 Å². The second-order valence-corrected chi connectivity index (χ2v) is 6.10. The van der Waals surface area contributed by atoms with Gasteiger partial charge in [-0.25, -0.2) is 0 Å². The van der Waals surface area contributed by atoms with E-state index in [1.807, 2.05) is 43.3 Å². The number of aliphatic carboxylic acids is 1. The van der Waals surface area contributed by atoms with Crippen molar-refractivity contribution in [2.45, 2.75) is 19.4 Å². The van der Waals surface area contributed by atoms with Crippen LogP contribution in [0.5, 0.6) is 5.75 Å². The van der Waals surface area contributed by atoms with Gasteiger partial charge in [0.25, 0.3) is 5.91 Å². The summed E-state index contributed by atoms with van der Waals surface area (Å²) in [5.74, 6) is -1.30. The molecule has 0 bridgehead atoms. The number of fused-ring (bicyclic) bond motifs is 1. The van der Waals surface area contributed by atoms with E-state index in [0.717, 1.165) is 22.0 Å². The van der Waals surface area contributed by atoms with Crippen LogP contribution in [0, 0.1) is 6.92 Å². The first-order valence-electron chi connectivity index (χ1n) is 8.27. The molecule has 0 aliphatic heterocycles. The van der Waals surface area contributed by atoms with Gasteiger partial charge in [0.05, 0.1) is 12.0 Å². The SMILES string of the molecule is Cc1ccc(OCC(=O)N[C@H](Cc2c[nH]c3ccccc23)C(=O)[O-])cc1. The minimum Gasteiger partial charge on any atom is -0.548 e. The lowest BCUT2D eigenvalue weighted by Gasteiger charge is -2.19. The van der Waals surface area contributed by atoms with Crippen LogP contribution in [0.4, 0.5) is 0 Å². The smallest absolute Gasteiger partial charge is 0.258 e. The molecule has 2 N–H and O–H groups in total. The van der Waals surface area contributed by atoms with Gasteiger partial charge in [-0.1, -0.05) is 35.9 Å². The molecule has 0 unspecified atom stereocenters. The number of hydrogen-bond acceptors (Lipinski definition) is 4. The third-order valence-corrected chi connectivity index (χ3v) is 4.11. The molecule has 0 aliphatic carbocycles. The van der Waals surface area contributed by atoms with E-state index in [9.17, 15) is 14.7 Å². The van der Waals surface area contributed by atoms with Gasteiger partial charge in [0, 0.05) is 23.5 Å². The number of carbonyl (C=O) groups excluding carboxylic acids is 2. The number of carbonyl (C=O) groups is 2. The van der Waals surface area contributed by atoms with E-state index in [4.69, 9.17) is 4.74 Å². The molecule has 26 heavy (non-hydrogen) atoms. The molecule has 1 aromatic heterocycles. The highest BCUT2D eigenvalue weighted by molar-refractivity contribution is 5.86. The van der Waals surface area contributed by atoms with E-state index in [2.05, 4.69) is 10.3 Å². The summed E-state index contributed by atoms with van der Waals surface area (Å²) in [5.41, 5.74) is 2.79. The van der Waals surface area contributed by atoms with E-state index in [1.165, 1.54) is 0 Å². The van der Waals surface area contributed by atoms with Crippen LogP contribution in [0.3, 0.4) is 0 Å². The third kappa shape index (κ3) is 4.22. The summed E-state index contributed by atoms with van der Waals surface area (Å²) in [6.07, 6.45) is 1.87. The second kappa shape index (κ2) is 7.74. The second-order valence-electron chi connectivity index (χ2n) is 6.10. The average Bonchev–Trinajstić information content (AvgIpc) is 3.04. The number of nitrogens with one attached hydrogen (secondary N) is 2. The van der Waals surface area contributed by atoms with Crippen molar-refractivity contribution in [1.29, 1.82) is 0 Å². The number of carboxylic acids is 1. The molecular weight excluding hydrogens is 332 g/mol. The fraction of sp³-hybridized carbons (Fsp3) is 0.200. The quantitative estimate of drug-likeness (QED) is 0.671. The number of aryl methyl sites for hydroxylation is 1. The van der Waals surface area contributed by atoms with Crippen molar-refractivity contribution in [3.05, 3.63) is 65.9 Å². The molecule has 3 rings (SSSR count). The summed E-state index contributed by atoms with van der Waals surface area (Å²) in [6.45, 7) is 1.69.